The Bertz CT molecular complexity index is 1290. The summed E-state index contributed by atoms with van der Waals surface area (Å²) in [5.74, 6) is -0.615. The lowest BCUT2D eigenvalue weighted by molar-refractivity contribution is -0.140. The first kappa shape index (κ1) is 21.3. The van der Waals surface area contributed by atoms with Crippen molar-refractivity contribution in [2.45, 2.75) is 25.5 Å². The number of nitrogens with one attached hydrogen (secondary N) is 1. The number of carbonyl (C=O) groups excluding carboxylic acids is 2. The molecule has 1 saturated heterocycles. The molecular weight excluding hydrogens is 418 g/mol. The van der Waals surface area contributed by atoms with Crippen molar-refractivity contribution in [2.24, 2.45) is 0 Å². The van der Waals surface area contributed by atoms with E-state index in [4.69, 9.17) is 4.74 Å². The molecule has 0 radical (unpaired) electrons. The molecule has 0 aliphatic carbocycles. The summed E-state index contributed by atoms with van der Waals surface area (Å²) in [7, 11) is 3.84. The molecule has 5 rings (SSSR count). The zero-order chi connectivity index (χ0) is 23.3. The molecule has 2 aliphatic heterocycles. The van der Waals surface area contributed by atoms with Gasteiger partial charge in [0.2, 0.25) is 0 Å². The Labute approximate surface area is 192 Å². The molecule has 2 aliphatic rings. The molecule has 3 heterocycles. The van der Waals surface area contributed by atoms with E-state index in [1.165, 1.54) is 0 Å². The third-order valence-electron chi connectivity index (χ3n) is 6.41. The number of H-pyrrole nitrogens is 1. The molecule has 3 aromatic rings. The molecule has 2 unspecified atom stereocenters. The Morgan fingerprint density at radius 3 is 2.79 bits per heavy atom. The molecule has 2 aromatic carbocycles. The second kappa shape index (κ2) is 8.08. The van der Waals surface area contributed by atoms with Crippen LogP contribution in [0.4, 0.5) is 0 Å². The highest BCUT2D eigenvalue weighted by Crippen LogP contribution is 2.42. The smallest absolute Gasteiger partial charge is 0.295 e. The van der Waals surface area contributed by atoms with E-state index in [-0.39, 0.29) is 17.4 Å². The first-order valence-corrected chi connectivity index (χ1v) is 11.1. The van der Waals surface area contributed by atoms with Crippen LogP contribution in [0.1, 0.15) is 29.7 Å². The Kier molecular flexibility index (Phi) is 5.21. The van der Waals surface area contributed by atoms with Crippen molar-refractivity contribution in [3.8, 4) is 5.75 Å². The molecule has 1 fully saturated rings. The number of likely N-dealkylation sites (N-methyl/N-ethyl adjacent to an activating group) is 1. The number of ketones is 1. The third-order valence-corrected chi connectivity index (χ3v) is 6.41. The summed E-state index contributed by atoms with van der Waals surface area (Å²) >= 11 is 0. The number of rotatable bonds is 5. The van der Waals surface area contributed by atoms with E-state index in [0.29, 0.717) is 18.7 Å². The second-order valence-electron chi connectivity index (χ2n) is 9.04. The zero-order valence-corrected chi connectivity index (χ0v) is 19.0. The Balaban J connectivity index is 1.66. The van der Waals surface area contributed by atoms with Crippen LogP contribution < -0.4 is 4.74 Å². The van der Waals surface area contributed by atoms with Gasteiger partial charge in [0.25, 0.3) is 11.7 Å². The van der Waals surface area contributed by atoms with E-state index in [1.54, 1.807) is 11.0 Å². The van der Waals surface area contributed by atoms with E-state index in [9.17, 15) is 14.7 Å². The number of para-hydroxylation sites is 1. The van der Waals surface area contributed by atoms with Crippen LogP contribution in [-0.2, 0) is 16.0 Å². The average molecular weight is 446 g/mol. The SMILES string of the molecule is CC1Cc2cc(/C(O)=C3\C(=O)C(=O)N(CCN(C)C)C3c3c[nH]c4ccccc34)ccc2O1. The molecule has 7 heteroatoms. The van der Waals surface area contributed by atoms with Gasteiger partial charge in [-0.2, -0.15) is 0 Å². The lowest BCUT2D eigenvalue weighted by Crippen LogP contribution is -2.35. The molecule has 0 saturated carbocycles. The van der Waals surface area contributed by atoms with Crippen LogP contribution in [-0.4, -0.2) is 64.9 Å². The number of aliphatic hydroxyl groups is 1. The van der Waals surface area contributed by atoms with E-state index in [0.717, 1.165) is 34.2 Å². The maximum absolute atomic E-state index is 13.2. The number of hydrogen-bond donors (Lipinski definition) is 2. The summed E-state index contributed by atoms with van der Waals surface area (Å²) in [4.78, 5) is 33.1. The predicted molar refractivity (Wildman–Crippen MR) is 126 cm³/mol. The number of nitrogens with zero attached hydrogens (tertiary/aromatic N) is 2. The maximum atomic E-state index is 13.2. The van der Waals surface area contributed by atoms with E-state index in [1.807, 2.05) is 68.5 Å². The van der Waals surface area contributed by atoms with Crippen molar-refractivity contribution in [3.05, 3.63) is 70.9 Å². The lowest BCUT2D eigenvalue weighted by Gasteiger charge is -2.26. The van der Waals surface area contributed by atoms with Crippen LogP contribution in [0.25, 0.3) is 16.7 Å². The number of benzene rings is 2. The summed E-state index contributed by atoms with van der Waals surface area (Å²) in [6, 6.07) is 12.5. The van der Waals surface area contributed by atoms with E-state index >= 15 is 0 Å². The summed E-state index contributed by atoms with van der Waals surface area (Å²) in [5, 5.41) is 12.3. The van der Waals surface area contributed by atoms with Gasteiger partial charge in [-0.25, -0.2) is 0 Å². The topological polar surface area (TPSA) is 85.9 Å². The Hall–Kier alpha value is -3.58. The average Bonchev–Trinajstić information content (AvgIpc) is 3.45. The highest BCUT2D eigenvalue weighted by molar-refractivity contribution is 6.46. The molecule has 7 nitrogen and oxygen atoms in total. The first-order valence-electron chi connectivity index (χ1n) is 11.1. The van der Waals surface area contributed by atoms with Gasteiger partial charge in [0.15, 0.2) is 0 Å². The zero-order valence-electron chi connectivity index (χ0n) is 19.0. The molecule has 1 aromatic heterocycles. The molecule has 2 atom stereocenters. The number of likely N-dealkylation sites (tertiary alicyclic amines) is 1. The molecule has 0 spiro atoms. The van der Waals surface area contributed by atoms with Crippen LogP contribution >= 0.6 is 0 Å². The second-order valence-corrected chi connectivity index (χ2v) is 9.04. The summed E-state index contributed by atoms with van der Waals surface area (Å²) in [6.07, 6.45) is 2.63. The fourth-order valence-corrected chi connectivity index (χ4v) is 4.79. The van der Waals surface area contributed by atoms with Crippen molar-refractivity contribution < 1.29 is 19.4 Å². The molecule has 170 valence electrons. The number of hydrogen-bond acceptors (Lipinski definition) is 5. The molecule has 0 bridgehead atoms. The van der Waals surface area contributed by atoms with Crippen molar-refractivity contribution in [3.63, 3.8) is 0 Å². The number of fused-ring (bicyclic) bond motifs is 2. The van der Waals surface area contributed by atoms with Crippen molar-refractivity contribution in [2.75, 3.05) is 27.2 Å². The molecule has 2 N–H and O–H groups in total. The van der Waals surface area contributed by atoms with Gasteiger partial charge in [0.1, 0.15) is 17.6 Å². The monoisotopic (exact) mass is 445 g/mol. The largest absolute Gasteiger partial charge is 0.507 e. The highest BCUT2D eigenvalue weighted by atomic mass is 16.5. The van der Waals surface area contributed by atoms with E-state index in [2.05, 4.69) is 4.98 Å². The van der Waals surface area contributed by atoms with Gasteiger partial charge in [0, 0.05) is 47.7 Å². The van der Waals surface area contributed by atoms with Crippen LogP contribution in [0.3, 0.4) is 0 Å². The minimum absolute atomic E-state index is 0.0697. The third kappa shape index (κ3) is 3.58. The maximum Gasteiger partial charge on any atom is 0.295 e. The van der Waals surface area contributed by atoms with Crippen molar-refractivity contribution >= 4 is 28.4 Å². The number of ether oxygens (including phenoxy) is 1. The van der Waals surface area contributed by atoms with Gasteiger partial charge in [0.05, 0.1) is 11.6 Å². The van der Waals surface area contributed by atoms with Crippen molar-refractivity contribution in [1.82, 2.24) is 14.8 Å². The number of aromatic nitrogens is 1. The highest BCUT2D eigenvalue weighted by Gasteiger charge is 2.46. The number of carbonyl (C=O) groups is 2. The number of Topliss-reactive ketones (excluding diaryl/α,β-unsaturated/α-hetero) is 1. The number of aromatic amines is 1. The number of aliphatic hydroxyl groups excluding tert-OH is 1. The minimum atomic E-state index is -0.676. The summed E-state index contributed by atoms with van der Waals surface area (Å²) in [5.41, 5.74) is 3.33. The normalized spacial score (nSPS) is 21.8. The summed E-state index contributed by atoms with van der Waals surface area (Å²) in [6.45, 7) is 2.96. The van der Waals surface area contributed by atoms with Crippen molar-refractivity contribution in [1.29, 1.82) is 0 Å². The predicted octanol–water partition coefficient (Wildman–Crippen LogP) is 3.47. The summed E-state index contributed by atoms with van der Waals surface area (Å²) < 4.78 is 5.77. The van der Waals surface area contributed by atoms with Gasteiger partial charge >= 0.3 is 0 Å². The fourth-order valence-electron chi connectivity index (χ4n) is 4.79. The van der Waals surface area contributed by atoms with Gasteiger partial charge in [-0.1, -0.05) is 18.2 Å². The molecule has 1 amide bonds. The minimum Gasteiger partial charge on any atom is -0.507 e. The van der Waals surface area contributed by atoms with Gasteiger partial charge in [-0.15, -0.1) is 0 Å². The molecular formula is C26H27N3O4. The standard InChI is InChI=1S/C26H27N3O4/c1-15-12-17-13-16(8-9-21(17)33-15)24(30)22-23(19-14-27-20-7-5-4-6-18(19)20)29(11-10-28(2)3)26(32)25(22)31/h4-9,13-15,23,27,30H,10-12H2,1-3H3/b24-22+. The van der Waals surface area contributed by atoms with Crippen LogP contribution in [0, 0.1) is 0 Å². The van der Waals surface area contributed by atoms with Gasteiger partial charge in [-0.3, -0.25) is 9.59 Å². The van der Waals surface area contributed by atoms with Crippen LogP contribution in [0.2, 0.25) is 0 Å². The Morgan fingerprint density at radius 1 is 1.21 bits per heavy atom. The first-order chi connectivity index (χ1) is 15.8. The number of amides is 1. The quantitative estimate of drug-likeness (QED) is 0.357. The fraction of sp³-hybridized carbons (Fsp3) is 0.308. The van der Waals surface area contributed by atoms with Crippen LogP contribution in [0.15, 0.2) is 54.2 Å². The lowest BCUT2D eigenvalue weighted by atomic mass is 9.94. The van der Waals surface area contributed by atoms with Crippen LogP contribution in [0.5, 0.6) is 5.75 Å². The van der Waals surface area contributed by atoms with E-state index < -0.39 is 17.7 Å². The Morgan fingerprint density at radius 2 is 2.00 bits per heavy atom. The molecule has 33 heavy (non-hydrogen) atoms. The van der Waals surface area contributed by atoms with Gasteiger partial charge in [-0.05, 0) is 50.8 Å². The van der Waals surface area contributed by atoms with Gasteiger partial charge < -0.3 is 24.6 Å².